The second kappa shape index (κ2) is 5.90. The maximum absolute atomic E-state index is 10.8. The van der Waals surface area contributed by atoms with Gasteiger partial charge in [-0.2, -0.15) is 0 Å². The van der Waals surface area contributed by atoms with Gasteiger partial charge in [0, 0.05) is 17.3 Å². The molecule has 4 heteroatoms. The van der Waals surface area contributed by atoms with Gasteiger partial charge in [-0.15, -0.1) is 11.3 Å². The summed E-state index contributed by atoms with van der Waals surface area (Å²) in [6.07, 6.45) is 4.96. The van der Waals surface area contributed by atoms with Crippen LogP contribution < -0.4 is 0 Å². The Kier molecular flexibility index (Phi) is 4.64. The van der Waals surface area contributed by atoms with Gasteiger partial charge in [-0.05, 0) is 52.6 Å². The first-order chi connectivity index (χ1) is 8.94. The molecular weight excluding hydrogens is 256 g/mol. The van der Waals surface area contributed by atoms with Gasteiger partial charge in [0.2, 0.25) is 0 Å². The lowest BCUT2D eigenvalue weighted by atomic mass is 9.72. The Balaban J connectivity index is 2.10. The molecule has 1 fully saturated rings. The maximum atomic E-state index is 10.8. The van der Waals surface area contributed by atoms with Gasteiger partial charge in [-0.3, -0.25) is 0 Å². The molecule has 0 bridgehead atoms. The molecule has 19 heavy (non-hydrogen) atoms. The van der Waals surface area contributed by atoms with E-state index >= 15 is 0 Å². The lowest BCUT2D eigenvalue weighted by Crippen LogP contribution is -2.56. The van der Waals surface area contributed by atoms with E-state index in [9.17, 15) is 5.11 Å². The number of likely N-dealkylation sites (N-methyl/N-ethyl adjacent to an activating group) is 1. The number of thiazole rings is 1. The van der Waals surface area contributed by atoms with Gasteiger partial charge >= 0.3 is 0 Å². The zero-order valence-electron chi connectivity index (χ0n) is 12.5. The van der Waals surface area contributed by atoms with Gasteiger partial charge in [-0.25, -0.2) is 4.98 Å². The molecule has 3 nitrogen and oxygen atoms in total. The Hall–Kier alpha value is -0.450. The zero-order chi connectivity index (χ0) is 14.0. The number of aliphatic hydroxyl groups excluding tert-OH is 1. The van der Waals surface area contributed by atoms with Gasteiger partial charge in [0.15, 0.2) is 0 Å². The molecule has 2 rings (SSSR count). The quantitative estimate of drug-likeness (QED) is 0.922. The predicted octanol–water partition coefficient (Wildman–Crippen LogP) is 2.87. The van der Waals surface area contributed by atoms with Gasteiger partial charge in [0.25, 0.3) is 0 Å². The Bertz CT molecular complexity index is 408. The third-order valence-electron chi connectivity index (χ3n) is 4.72. The molecule has 1 heterocycles. The Morgan fingerprint density at radius 1 is 1.47 bits per heavy atom. The smallest absolute Gasteiger partial charge is 0.0897 e. The molecule has 1 unspecified atom stereocenters. The van der Waals surface area contributed by atoms with E-state index in [1.165, 1.54) is 12.8 Å². The van der Waals surface area contributed by atoms with Crippen molar-refractivity contribution >= 4 is 11.3 Å². The first-order valence-corrected chi connectivity index (χ1v) is 8.08. The molecule has 1 aromatic heterocycles. The fourth-order valence-corrected chi connectivity index (χ4v) is 3.86. The lowest BCUT2D eigenvalue weighted by molar-refractivity contribution is -0.0385. The van der Waals surface area contributed by atoms with Crippen molar-refractivity contribution in [2.75, 3.05) is 14.1 Å². The van der Waals surface area contributed by atoms with Gasteiger partial charge in [0.05, 0.1) is 16.8 Å². The van der Waals surface area contributed by atoms with Crippen molar-refractivity contribution in [2.24, 2.45) is 5.92 Å². The summed E-state index contributed by atoms with van der Waals surface area (Å²) < 4.78 is 0. The van der Waals surface area contributed by atoms with Crippen LogP contribution in [0.3, 0.4) is 0 Å². The van der Waals surface area contributed by atoms with Crippen molar-refractivity contribution in [3.05, 3.63) is 16.1 Å². The molecule has 1 aliphatic carbocycles. The largest absolute Gasteiger partial charge is 0.391 e. The third-order valence-corrected chi connectivity index (χ3v) is 5.54. The molecule has 1 N–H and O–H groups in total. The molecule has 0 aliphatic heterocycles. The second-order valence-electron chi connectivity index (χ2n) is 6.26. The van der Waals surface area contributed by atoms with Crippen molar-refractivity contribution in [3.63, 3.8) is 0 Å². The average Bonchev–Trinajstić information content (AvgIpc) is 2.75. The van der Waals surface area contributed by atoms with Crippen LogP contribution in [-0.2, 0) is 6.42 Å². The Labute approximate surface area is 120 Å². The highest BCUT2D eigenvalue weighted by atomic mass is 32.1. The summed E-state index contributed by atoms with van der Waals surface area (Å²) in [7, 11) is 4.21. The van der Waals surface area contributed by atoms with E-state index in [0.29, 0.717) is 6.42 Å². The summed E-state index contributed by atoms with van der Waals surface area (Å²) in [4.78, 5) is 6.73. The first kappa shape index (κ1) is 14.9. The molecule has 1 saturated carbocycles. The van der Waals surface area contributed by atoms with Crippen LogP contribution in [0.25, 0.3) is 0 Å². The van der Waals surface area contributed by atoms with Gasteiger partial charge in [0.1, 0.15) is 0 Å². The summed E-state index contributed by atoms with van der Waals surface area (Å²) in [6.45, 7) is 4.33. The van der Waals surface area contributed by atoms with Crippen LogP contribution in [0.15, 0.2) is 5.38 Å². The Morgan fingerprint density at radius 3 is 2.58 bits per heavy atom. The highest BCUT2D eigenvalue weighted by Gasteiger charge is 2.42. The van der Waals surface area contributed by atoms with E-state index in [2.05, 4.69) is 36.3 Å². The van der Waals surface area contributed by atoms with E-state index in [1.807, 2.05) is 6.92 Å². The van der Waals surface area contributed by atoms with Crippen LogP contribution in [0.5, 0.6) is 0 Å². The molecule has 1 aromatic rings. The molecular formula is C15H26N2OS. The Morgan fingerprint density at radius 2 is 2.11 bits per heavy atom. The van der Waals surface area contributed by atoms with Crippen LogP contribution in [0.1, 0.15) is 43.3 Å². The normalized spacial score (nSPS) is 29.7. The van der Waals surface area contributed by atoms with Crippen LogP contribution in [0, 0.1) is 12.8 Å². The van der Waals surface area contributed by atoms with Crippen LogP contribution in [0.4, 0.5) is 0 Å². The van der Waals surface area contributed by atoms with Crippen LogP contribution in [0.2, 0.25) is 0 Å². The fourth-order valence-electron chi connectivity index (χ4n) is 3.23. The zero-order valence-corrected chi connectivity index (χ0v) is 13.3. The molecule has 0 aromatic carbocycles. The second-order valence-corrected chi connectivity index (χ2v) is 7.32. The third kappa shape index (κ3) is 3.18. The summed E-state index contributed by atoms with van der Waals surface area (Å²) >= 11 is 1.66. The topological polar surface area (TPSA) is 36.4 Å². The van der Waals surface area contributed by atoms with Crippen molar-refractivity contribution in [3.8, 4) is 0 Å². The lowest BCUT2D eigenvalue weighted by Gasteiger charge is -2.47. The van der Waals surface area contributed by atoms with E-state index in [1.54, 1.807) is 11.3 Å². The van der Waals surface area contributed by atoms with E-state index in [0.717, 1.165) is 29.5 Å². The highest BCUT2D eigenvalue weighted by Crippen LogP contribution is 2.38. The van der Waals surface area contributed by atoms with Crippen molar-refractivity contribution < 1.29 is 5.11 Å². The average molecular weight is 282 g/mol. The summed E-state index contributed by atoms with van der Waals surface area (Å²) in [5, 5.41) is 13.9. The highest BCUT2D eigenvalue weighted by molar-refractivity contribution is 7.09. The molecule has 0 amide bonds. The maximum Gasteiger partial charge on any atom is 0.0897 e. The number of aliphatic hydroxyl groups is 1. The van der Waals surface area contributed by atoms with E-state index in [-0.39, 0.29) is 11.6 Å². The molecule has 0 spiro atoms. The molecule has 108 valence electrons. The van der Waals surface area contributed by atoms with E-state index < -0.39 is 0 Å². The molecule has 1 atom stereocenters. The SMILES string of the molecule is Cc1nc(CC(O)C2(N(C)C)CCC(C)CC2)cs1. The molecule has 0 saturated heterocycles. The van der Waals surface area contributed by atoms with Crippen molar-refractivity contribution in [1.29, 1.82) is 0 Å². The standard InChI is InChI=1S/C15H26N2OS/c1-11-5-7-15(8-6-11,17(3)4)14(18)9-13-10-19-12(2)16-13/h10-11,14,18H,5-9H2,1-4H3. The summed E-state index contributed by atoms with van der Waals surface area (Å²) in [5.74, 6) is 0.793. The molecule has 1 aliphatic rings. The number of hydrogen-bond acceptors (Lipinski definition) is 4. The minimum absolute atomic E-state index is 0.0654. The van der Waals surface area contributed by atoms with Crippen LogP contribution in [-0.4, -0.2) is 40.7 Å². The number of hydrogen-bond donors (Lipinski definition) is 1. The predicted molar refractivity (Wildman–Crippen MR) is 80.6 cm³/mol. The monoisotopic (exact) mass is 282 g/mol. The number of aromatic nitrogens is 1. The van der Waals surface area contributed by atoms with Crippen molar-refractivity contribution in [2.45, 2.75) is 57.6 Å². The minimum atomic E-state index is -0.323. The minimum Gasteiger partial charge on any atom is -0.391 e. The van der Waals surface area contributed by atoms with Gasteiger partial charge in [-0.1, -0.05) is 6.92 Å². The van der Waals surface area contributed by atoms with Crippen molar-refractivity contribution in [1.82, 2.24) is 9.88 Å². The number of aryl methyl sites for hydroxylation is 1. The summed E-state index contributed by atoms with van der Waals surface area (Å²) in [5.41, 5.74) is 0.971. The number of rotatable bonds is 4. The fraction of sp³-hybridized carbons (Fsp3) is 0.800. The molecule has 0 radical (unpaired) electrons. The van der Waals surface area contributed by atoms with Gasteiger partial charge < -0.3 is 10.0 Å². The summed E-state index contributed by atoms with van der Waals surface area (Å²) in [6, 6.07) is 0. The number of nitrogens with zero attached hydrogens (tertiary/aromatic N) is 2. The first-order valence-electron chi connectivity index (χ1n) is 7.20. The van der Waals surface area contributed by atoms with E-state index in [4.69, 9.17) is 0 Å². The van der Waals surface area contributed by atoms with Crippen LogP contribution >= 0.6 is 11.3 Å².